The van der Waals surface area contributed by atoms with Crippen LogP contribution in [0.15, 0.2) is 12.3 Å². The van der Waals surface area contributed by atoms with Crippen LogP contribution in [-0.4, -0.2) is 36.2 Å². The normalized spacial score (nSPS) is 23.0. The molecular weight excluding hydrogens is 274 g/mol. The van der Waals surface area contributed by atoms with Crippen LogP contribution in [0.25, 0.3) is 0 Å². The number of rotatable bonds is 7. The van der Waals surface area contributed by atoms with Crippen molar-refractivity contribution in [2.45, 2.75) is 45.7 Å². The van der Waals surface area contributed by atoms with Crippen molar-refractivity contribution in [2.75, 3.05) is 18.1 Å². The van der Waals surface area contributed by atoms with Gasteiger partial charge in [-0.25, -0.2) is 8.42 Å². The smallest absolute Gasteiger partial charge is 0.150 e. The SMILES string of the molecule is CCCNC(c1ccnn1CCC)C1CCS(=O)(=O)C1. The van der Waals surface area contributed by atoms with Gasteiger partial charge in [-0.2, -0.15) is 5.10 Å². The van der Waals surface area contributed by atoms with Crippen molar-refractivity contribution < 1.29 is 8.42 Å². The Morgan fingerprint density at radius 3 is 2.85 bits per heavy atom. The summed E-state index contributed by atoms with van der Waals surface area (Å²) in [6.45, 7) is 6.03. The van der Waals surface area contributed by atoms with Crippen LogP contribution >= 0.6 is 0 Å². The summed E-state index contributed by atoms with van der Waals surface area (Å²) < 4.78 is 25.5. The van der Waals surface area contributed by atoms with E-state index in [2.05, 4.69) is 24.3 Å². The second kappa shape index (κ2) is 6.72. The second-order valence-corrected chi connectivity index (χ2v) is 7.80. The minimum atomic E-state index is -2.85. The average molecular weight is 299 g/mol. The number of sulfone groups is 1. The van der Waals surface area contributed by atoms with Crippen LogP contribution in [0.2, 0.25) is 0 Å². The molecule has 1 aliphatic rings. The predicted molar refractivity (Wildman–Crippen MR) is 80.3 cm³/mol. The van der Waals surface area contributed by atoms with Crippen molar-refractivity contribution in [3.8, 4) is 0 Å². The molecule has 5 nitrogen and oxygen atoms in total. The molecule has 1 N–H and O–H groups in total. The van der Waals surface area contributed by atoms with Gasteiger partial charge >= 0.3 is 0 Å². The van der Waals surface area contributed by atoms with Gasteiger partial charge in [0.1, 0.15) is 0 Å². The zero-order valence-corrected chi connectivity index (χ0v) is 13.2. The summed E-state index contributed by atoms with van der Waals surface area (Å²) in [6, 6.07) is 2.12. The molecule has 0 aliphatic carbocycles. The van der Waals surface area contributed by atoms with Gasteiger partial charge in [0.15, 0.2) is 9.84 Å². The molecule has 0 aromatic carbocycles. The van der Waals surface area contributed by atoms with Gasteiger partial charge in [-0.05, 0) is 37.8 Å². The molecule has 0 spiro atoms. The van der Waals surface area contributed by atoms with Gasteiger partial charge in [0.2, 0.25) is 0 Å². The maximum atomic E-state index is 11.7. The molecule has 0 bridgehead atoms. The molecule has 2 unspecified atom stereocenters. The van der Waals surface area contributed by atoms with E-state index in [4.69, 9.17) is 0 Å². The van der Waals surface area contributed by atoms with Crippen LogP contribution in [-0.2, 0) is 16.4 Å². The zero-order valence-electron chi connectivity index (χ0n) is 12.4. The molecule has 1 aromatic heterocycles. The third-order valence-electron chi connectivity index (χ3n) is 3.86. The van der Waals surface area contributed by atoms with Crippen molar-refractivity contribution in [1.29, 1.82) is 0 Å². The molecule has 0 amide bonds. The van der Waals surface area contributed by atoms with E-state index in [0.717, 1.165) is 38.0 Å². The summed E-state index contributed by atoms with van der Waals surface area (Å²) in [7, 11) is -2.85. The maximum Gasteiger partial charge on any atom is 0.150 e. The van der Waals surface area contributed by atoms with Crippen molar-refractivity contribution in [3.05, 3.63) is 18.0 Å². The van der Waals surface area contributed by atoms with Crippen LogP contribution < -0.4 is 5.32 Å². The number of nitrogens with zero attached hydrogens (tertiary/aromatic N) is 2. The summed E-state index contributed by atoms with van der Waals surface area (Å²) in [5, 5.41) is 7.89. The van der Waals surface area contributed by atoms with Gasteiger partial charge in [-0.15, -0.1) is 0 Å². The van der Waals surface area contributed by atoms with Gasteiger partial charge < -0.3 is 5.32 Å². The Bertz CT molecular complexity index is 524. The number of aryl methyl sites for hydroxylation is 1. The minimum absolute atomic E-state index is 0.0984. The molecule has 1 saturated heterocycles. The van der Waals surface area contributed by atoms with Crippen LogP contribution in [0.3, 0.4) is 0 Å². The van der Waals surface area contributed by atoms with E-state index in [9.17, 15) is 8.42 Å². The summed E-state index contributed by atoms with van der Waals surface area (Å²) in [6.07, 6.45) is 4.63. The fourth-order valence-corrected chi connectivity index (χ4v) is 4.74. The quantitative estimate of drug-likeness (QED) is 0.833. The van der Waals surface area contributed by atoms with E-state index in [0.29, 0.717) is 11.5 Å². The number of nitrogens with one attached hydrogen (secondary N) is 1. The van der Waals surface area contributed by atoms with Crippen LogP contribution in [0.1, 0.15) is 44.8 Å². The van der Waals surface area contributed by atoms with Gasteiger partial charge in [0.25, 0.3) is 0 Å². The lowest BCUT2D eigenvalue weighted by Crippen LogP contribution is -2.31. The van der Waals surface area contributed by atoms with E-state index in [1.54, 1.807) is 0 Å². The molecule has 114 valence electrons. The first kappa shape index (κ1) is 15.5. The molecule has 2 atom stereocenters. The molecule has 2 heterocycles. The van der Waals surface area contributed by atoms with Gasteiger partial charge in [0, 0.05) is 12.7 Å². The monoisotopic (exact) mass is 299 g/mol. The highest BCUT2D eigenvalue weighted by atomic mass is 32.2. The minimum Gasteiger partial charge on any atom is -0.308 e. The lowest BCUT2D eigenvalue weighted by molar-refractivity contribution is 0.365. The molecule has 6 heteroatoms. The Morgan fingerprint density at radius 2 is 2.25 bits per heavy atom. The average Bonchev–Trinajstić information content (AvgIpc) is 2.98. The fourth-order valence-electron chi connectivity index (χ4n) is 2.90. The second-order valence-electron chi connectivity index (χ2n) is 5.57. The first-order valence-electron chi connectivity index (χ1n) is 7.53. The molecular formula is C14H25N3O2S. The highest BCUT2D eigenvalue weighted by molar-refractivity contribution is 7.91. The Morgan fingerprint density at radius 1 is 1.45 bits per heavy atom. The highest BCUT2D eigenvalue weighted by Crippen LogP contribution is 2.31. The first-order chi connectivity index (χ1) is 9.57. The Hall–Kier alpha value is -0.880. The summed E-state index contributed by atoms with van der Waals surface area (Å²) in [4.78, 5) is 0. The van der Waals surface area contributed by atoms with Crippen LogP contribution in [0, 0.1) is 5.92 Å². The maximum absolute atomic E-state index is 11.7. The molecule has 0 saturated carbocycles. The van der Waals surface area contributed by atoms with Crippen LogP contribution in [0.4, 0.5) is 0 Å². The van der Waals surface area contributed by atoms with E-state index in [1.165, 1.54) is 0 Å². The molecule has 1 fully saturated rings. The summed E-state index contributed by atoms with van der Waals surface area (Å²) in [5.74, 6) is 0.786. The van der Waals surface area contributed by atoms with E-state index in [-0.39, 0.29) is 12.0 Å². The third kappa shape index (κ3) is 3.61. The van der Waals surface area contributed by atoms with Crippen molar-refractivity contribution in [3.63, 3.8) is 0 Å². The van der Waals surface area contributed by atoms with Gasteiger partial charge in [0.05, 0.1) is 23.2 Å². The molecule has 2 rings (SSSR count). The molecule has 1 aromatic rings. The van der Waals surface area contributed by atoms with E-state index < -0.39 is 9.84 Å². The molecule has 20 heavy (non-hydrogen) atoms. The molecule has 0 radical (unpaired) electrons. The van der Waals surface area contributed by atoms with Gasteiger partial charge in [-0.3, -0.25) is 4.68 Å². The first-order valence-corrected chi connectivity index (χ1v) is 9.35. The zero-order chi connectivity index (χ0) is 14.6. The topological polar surface area (TPSA) is 64.0 Å². The summed E-state index contributed by atoms with van der Waals surface area (Å²) in [5.41, 5.74) is 1.13. The Balaban J connectivity index is 2.20. The predicted octanol–water partition coefficient (Wildman–Crippen LogP) is 1.77. The van der Waals surface area contributed by atoms with E-state index >= 15 is 0 Å². The lowest BCUT2D eigenvalue weighted by Gasteiger charge is -2.25. The largest absolute Gasteiger partial charge is 0.308 e. The summed E-state index contributed by atoms with van der Waals surface area (Å²) >= 11 is 0. The molecule has 1 aliphatic heterocycles. The van der Waals surface area contributed by atoms with Crippen LogP contribution in [0.5, 0.6) is 0 Å². The number of hydrogen-bond acceptors (Lipinski definition) is 4. The van der Waals surface area contributed by atoms with Gasteiger partial charge in [-0.1, -0.05) is 13.8 Å². The number of hydrogen-bond donors (Lipinski definition) is 1. The number of aromatic nitrogens is 2. The lowest BCUT2D eigenvalue weighted by atomic mass is 9.96. The fraction of sp³-hybridized carbons (Fsp3) is 0.786. The highest BCUT2D eigenvalue weighted by Gasteiger charge is 2.35. The van der Waals surface area contributed by atoms with Crippen molar-refractivity contribution >= 4 is 9.84 Å². The van der Waals surface area contributed by atoms with Crippen molar-refractivity contribution in [1.82, 2.24) is 15.1 Å². The Labute approximate surface area is 121 Å². The van der Waals surface area contributed by atoms with Crippen molar-refractivity contribution in [2.24, 2.45) is 5.92 Å². The third-order valence-corrected chi connectivity index (χ3v) is 5.65. The standard InChI is InChI=1S/C14H25N3O2S/c1-3-7-15-14(12-6-10-20(18,19)11-12)13-5-8-16-17(13)9-4-2/h5,8,12,14-15H,3-4,6-7,9-11H2,1-2H3. The Kier molecular flexibility index (Phi) is 5.21. The van der Waals surface area contributed by atoms with E-state index in [1.807, 2.05) is 16.9 Å².